The number of nitrogens with one attached hydrogen (secondary N) is 3. The molecule has 4 aliphatic rings. The number of nitrogens with zero attached hydrogens (tertiary/aromatic N) is 5. The average Bonchev–Trinajstić information content (AvgIpc) is 2.08. The summed E-state index contributed by atoms with van der Waals surface area (Å²) in [6.45, 7) is -2.95. The fourth-order valence-corrected chi connectivity index (χ4v) is 18.1. The number of allylic oxidation sites excluding steroid dienone is 2. The quantitative estimate of drug-likeness (QED) is 0.0308. The zero-order chi connectivity index (χ0) is 58.5. The van der Waals surface area contributed by atoms with E-state index in [1.807, 2.05) is 34.1 Å². The van der Waals surface area contributed by atoms with Crippen LogP contribution >= 0.6 is 0 Å². The van der Waals surface area contributed by atoms with Gasteiger partial charge in [0.2, 0.25) is 0 Å². The molecule has 0 aliphatic carbocycles. The number of anilines is 3. The van der Waals surface area contributed by atoms with Crippen LogP contribution in [-0.2, 0) is 30.4 Å². The fraction of sp³-hybridized carbons (Fsp3) is 0.125. The summed E-state index contributed by atoms with van der Waals surface area (Å²) in [5, 5.41) is 5.18. The van der Waals surface area contributed by atoms with Gasteiger partial charge in [0, 0.05) is 12.4 Å². The number of hydrogen-bond donors (Lipinski definition) is 6. The Bertz CT molecular complexity index is 4480. The molecule has 3 aromatic carbocycles. The zero-order valence-electron chi connectivity index (χ0n) is 40.1. The first-order valence-electron chi connectivity index (χ1n) is 23.0. The molecular weight excluding hydrogens is 1230 g/mol. The van der Waals surface area contributed by atoms with Crippen molar-refractivity contribution in [3.63, 3.8) is 0 Å². The van der Waals surface area contributed by atoms with Gasteiger partial charge < -0.3 is 0 Å². The predicted molar refractivity (Wildman–Crippen MR) is 267 cm³/mol. The first-order valence-corrected chi connectivity index (χ1v) is 31.1. The molecular formula is C48H31F12GaN8O9S3. The van der Waals surface area contributed by atoms with Crippen molar-refractivity contribution in [2.45, 2.75) is 0 Å². The van der Waals surface area contributed by atoms with Gasteiger partial charge in [-0.1, -0.05) is 6.07 Å². The molecule has 0 saturated heterocycles. The fourth-order valence-electron chi connectivity index (χ4n) is 9.72. The monoisotopic (exact) mass is 1260 g/mol. The van der Waals surface area contributed by atoms with Crippen molar-refractivity contribution in [3.05, 3.63) is 204 Å². The predicted octanol–water partition coefficient (Wildman–Crippen LogP) is 5.81. The van der Waals surface area contributed by atoms with Crippen LogP contribution in [0.3, 0.4) is 0 Å². The minimum Gasteiger partial charge on any atom is -0.265 e. The van der Waals surface area contributed by atoms with E-state index >= 15 is 52.7 Å². The summed E-state index contributed by atoms with van der Waals surface area (Å²) in [6.07, 6.45) is 5.31. The maximum absolute atomic E-state index is 16.8. The Morgan fingerprint density at radius 3 is 1.12 bits per heavy atom. The Labute approximate surface area is 453 Å². The Hall–Kier alpha value is -7.53. The summed E-state index contributed by atoms with van der Waals surface area (Å²) in [6, 6.07) is 12.9. The summed E-state index contributed by atoms with van der Waals surface area (Å²) in [4.78, 5) is 8.10. The van der Waals surface area contributed by atoms with Crippen LogP contribution in [0.15, 0.2) is 89.8 Å². The molecule has 7 aromatic rings. The number of benzene rings is 3. The number of aromatic nitrogens is 4. The van der Waals surface area contributed by atoms with Gasteiger partial charge in [-0.3, -0.25) is 4.98 Å². The molecule has 0 amide bonds. The van der Waals surface area contributed by atoms with Crippen LogP contribution in [0.1, 0.15) is 28.1 Å². The van der Waals surface area contributed by atoms with Crippen molar-refractivity contribution in [2.24, 2.45) is 4.99 Å². The van der Waals surface area contributed by atoms with E-state index in [2.05, 4.69) is 9.98 Å². The third kappa shape index (κ3) is 9.82. The SMILES string of the molecule is O=S(=O)(O)CCNc1c(F)c(F)c(C2=C3C=CC(=N3)C(c3c(F)c(F)c(NCCS(=O)(=O)O)c(F)c3F)=c3ccc4[n]3[Ga]3[n]5c2ccc5C(c2c(F)c(F)c(NCCS(=O)(=O)O)c(F)c2F)=c2ccc=4[n]23)c(F)c1F.c1ccncc1. The van der Waals surface area contributed by atoms with Gasteiger partial charge in [0.15, 0.2) is 0 Å². The van der Waals surface area contributed by atoms with Crippen LogP contribution in [-0.4, -0.2) is 113 Å². The minimum absolute atomic E-state index is 0.0659. The van der Waals surface area contributed by atoms with Crippen molar-refractivity contribution in [3.8, 4) is 0 Å². The zero-order valence-corrected chi connectivity index (χ0v) is 45.0. The molecule has 81 heavy (non-hydrogen) atoms. The third-order valence-corrected chi connectivity index (χ3v) is 21.5. The molecule has 2 bridgehead atoms. The van der Waals surface area contributed by atoms with Crippen LogP contribution in [0.2, 0.25) is 0 Å². The van der Waals surface area contributed by atoms with Crippen LogP contribution in [0.4, 0.5) is 69.7 Å². The number of fused-ring (bicyclic) bond motifs is 1. The van der Waals surface area contributed by atoms with Crippen molar-refractivity contribution in [1.29, 1.82) is 0 Å². The molecule has 422 valence electrons. The normalized spacial score (nSPS) is 14.1. The molecule has 33 heteroatoms. The summed E-state index contributed by atoms with van der Waals surface area (Å²) < 4.78 is 296. The van der Waals surface area contributed by atoms with Gasteiger partial charge >= 0.3 is 420 Å². The number of pyridine rings is 1. The second-order valence-corrected chi connectivity index (χ2v) is 27.2. The van der Waals surface area contributed by atoms with Gasteiger partial charge in [0.25, 0.3) is 0 Å². The molecule has 0 unspecified atom stereocenters. The van der Waals surface area contributed by atoms with Crippen molar-refractivity contribution in [2.75, 3.05) is 52.8 Å². The van der Waals surface area contributed by atoms with E-state index in [1.165, 1.54) is 30.8 Å². The summed E-state index contributed by atoms with van der Waals surface area (Å²) in [5.41, 5.74) is -13.9. The molecule has 17 nitrogen and oxygen atoms in total. The summed E-state index contributed by atoms with van der Waals surface area (Å²) >= 11 is -4.72. The molecule has 6 N–H and O–H groups in total. The third-order valence-electron chi connectivity index (χ3n) is 13.0. The molecule has 0 atom stereocenters. The Kier molecular flexibility index (Phi) is 14.6. The molecule has 0 radical (unpaired) electrons. The van der Waals surface area contributed by atoms with Crippen LogP contribution in [0, 0.1) is 80.5 Å². The first-order chi connectivity index (χ1) is 38.1. The van der Waals surface area contributed by atoms with Crippen molar-refractivity contribution >= 4 is 86.8 Å². The maximum Gasteiger partial charge on any atom is 0.0267 e. The Morgan fingerprint density at radius 2 is 0.765 bits per heavy atom. The largest absolute Gasteiger partial charge is 0.265 e. The second kappa shape index (κ2) is 20.8. The standard InChI is InChI=1S/C43H26F12N7O9S3.C5H5N.Ga/c44-29-26(30(45)36(51)41(35(29)50)56-9-12-72(63,64)65)23-17-3-1-15(59-17)16-2-4-18(60-16)24(27-31(46)37(52)42(38(53)32(27)47)57-10-13-73(66,67)68)20-6-8-22(62-20)25(21-7-5-19(23)61-21)28-33(48)39(54)43(40(55)34(28)49)58-11-14-74(69,70)71;1-2-4-6-5-3-1;/h1-8,56-58H,9-14H2,(H,63,64,65)(H,66,67,68)(H,69,70,71);1-5H;/q-3;;+3. The van der Waals surface area contributed by atoms with Gasteiger partial charge in [-0.15, -0.1) is 0 Å². The molecule has 11 rings (SSSR count). The van der Waals surface area contributed by atoms with E-state index in [0.717, 1.165) is 27.6 Å². The van der Waals surface area contributed by atoms with Gasteiger partial charge in [-0.05, 0) is 12.1 Å². The van der Waals surface area contributed by atoms with E-state index in [9.17, 15) is 25.3 Å². The van der Waals surface area contributed by atoms with E-state index in [0.29, 0.717) is 0 Å². The first kappa shape index (κ1) is 56.7. The molecule has 0 fully saturated rings. The molecule has 4 aliphatic heterocycles. The number of halogens is 12. The summed E-state index contributed by atoms with van der Waals surface area (Å²) in [7, 11) is -14.4. The molecule has 8 heterocycles. The smallest absolute Gasteiger partial charge is 0.0267 e. The molecule has 4 aromatic heterocycles. The van der Waals surface area contributed by atoms with Crippen molar-refractivity contribution in [1.82, 2.24) is 14.8 Å². The van der Waals surface area contributed by atoms with E-state index < -0.39 is 227 Å². The van der Waals surface area contributed by atoms with Crippen LogP contribution < -0.4 is 26.6 Å². The maximum atomic E-state index is 16.8. The minimum atomic E-state index is -4.81. The topological polar surface area (TPSA) is 239 Å². The van der Waals surface area contributed by atoms with E-state index in [1.54, 1.807) is 12.4 Å². The van der Waals surface area contributed by atoms with Crippen LogP contribution in [0.25, 0.3) is 16.7 Å². The van der Waals surface area contributed by atoms with Gasteiger partial charge in [0.1, 0.15) is 0 Å². The van der Waals surface area contributed by atoms with Crippen molar-refractivity contribution < 1.29 is 91.6 Å². The van der Waals surface area contributed by atoms with Crippen LogP contribution in [0.5, 0.6) is 0 Å². The Morgan fingerprint density at radius 1 is 0.420 bits per heavy atom. The second-order valence-electron chi connectivity index (χ2n) is 17.8. The Balaban J connectivity index is 0.00000115. The molecule has 0 saturated carbocycles. The van der Waals surface area contributed by atoms with Gasteiger partial charge in [-0.2, -0.15) is 0 Å². The number of hydrogen-bond acceptors (Lipinski definition) is 11. The number of rotatable bonds is 15. The average molecular weight is 1260 g/mol. The molecule has 0 spiro atoms. The van der Waals surface area contributed by atoms with E-state index in [-0.39, 0.29) is 21.4 Å². The van der Waals surface area contributed by atoms with E-state index in [4.69, 9.17) is 13.7 Å². The van der Waals surface area contributed by atoms with Gasteiger partial charge in [0.05, 0.1) is 0 Å². The number of aliphatic imine (C=N–C) groups is 1. The summed E-state index contributed by atoms with van der Waals surface area (Å²) in [5.74, 6) is -29.4. The van der Waals surface area contributed by atoms with Gasteiger partial charge in [-0.25, -0.2) is 0 Å².